The van der Waals surface area contributed by atoms with Crippen LogP contribution < -0.4 is 16.1 Å². The van der Waals surface area contributed by atoms with Gasteiger partial charge in [0.05, 0.1) is 11.4 Å². The lowest BCUT2D eigenvalue weighted by atomic mass is 9.80. The molecule has 0 atom stereocenters. The third-order valence-corrected chi connectivity index (χ3v) is 5.27. The summed E-state index contributed by atoms with van der Waals surface area (Å²) in [5, 5.41) is 26.3. The molecular formula is C18H29BN2O2. The van der Waals surface area contributed by atoms with Crippen molar-refractivity contribution >= 4 is 24.0 Å². The maximum atomic E-state index is 9.47. The van der Waals surface area contributed by atoms with Gasteiger partial charge in [-0.1, -0.05) is 44.6 Å². The van der Waals surface area contributed by atoms with E-state index in [1.807, 2.05) is 18.2 Å². The molecule has 0 saturated heterocycles. The Morgan fingerprint density at radius 2 is 1.26 bits per heavy atom. The van der Waals surface area contributed by atoms with E-state index < -0.39 is 7.12 Å². The molecule has 23 heavy (non-hydrogen) atoms. The van der Waals surface area contributed by atoms with Gasteiger partial charge >= 0.3 is 7.12 Å². The third-order valence-electron chi connectivity index (χ3n) is 5.27. The molecule has 1 aromatic carbocycles. The van der Waals surface area contributed by atoms with Crippen molar-refractivity contribution in [2.75, 3.05) is 10.6 Å². The Kier molecular flexibility index (Phi) is 5.84. The van der Waals surface area contributed by atoms with Crippen molar-refractivity contribution in [3.63, 3.8) is 0 Å². The Balaban J connectivity index is 1.75. The molecule has 2 aliphatic rings. The van der Waals surface area contributed by atoms with E-state index in [0.717, 1.165) is 11.4 Å². The van der Waals surface area contributed by atoms with Crippen molar-refractivity contribution in [3.05, 3.63) is 18.2 Å². The van der Waals surface area contributed by atoms with Crippen LogP contribution in [0.3, 0.4) is 0 Å². The highest BCUT2D eigenvalue weighted by Crippen LogP contribution is 2.29. The second-order valence-electron chi connectivity index (χ2n) is 7.14. The lowest BCUT2D eigenvalue weighted by molar-refractivity contribution is 0.425. The summed E-state index contributed by atoms with van der Waals surface area (Å²) < 4.78 is 0. The number of benzene rings is 1. The number of nitrogens with one attached hydrogen (secondary N) is 2. The Labute approximate surface area is 139 Å². The molecule has 0 unspecified atom stereocenters. The lowest BCUT2D eigenvalue weighted by Crippen LogP contribution is -2.32. The average molecular weight is 316 g/mol. The largest absolute Gasteiger partial charge is 0.488 e. The minimum atomic E-state index is -1.41. The summed E-state index contributed by atoms with van der Waals surface area (Å²) in [6.45, 7) is 0. The zero-order chi connectivity index (χ0) is 16.1. The van der Waals surface area contributed by atoms with E-state index in [9.17, 15) is 10.0 Å². The highest BCUT2D eigenvalue weighted by molar-refractivity contribution is 6.58. The van der Waals surface area contributed by atoms with Crippen molar-refractivity contribution in [3.8, 4) is 0 Å². The van der Waals surface area contributed by atoms with E-state index in [4.69, 9.17) is 0 Å². The zero-order valence-electron chi connectivity index (χ0n) is 13.9. The van der Waals surface area contributed by atoms with Gasteiger partial charge in [0.1, 0.15) is 0 Å². The minimum absolute atomic E-state index is 0.502. The zero-order valence-corrected chi connectivity index (χ0v) is 13.9. The topological polar surface area (TPSA) is 64.5 Å². The molecule has 4 nitrogen and oxygen atoms in total. The quantitative estimate of drug-likeness (QED) is 0.631. The molecule has 0 spiro atoms. The average Bonchev–Trinajstić information content (AvgIpc) is 2.58. The molecule has 2 saturated carbocycles. The fraction of sp³-hybridized carbons (Fsp3) is 0.667. The van der Waals surface area contributed by atoms with Crippen LogP contribution in [0.1, 0.15) is 64.2 Å². The summed E-state index contributed by atoms with van der Waals surface area (Å²) in [6.07, 6.45) is 12.7. The van der Waals surface area contributed by atoms with Crippen LogP contribution in [0.25, 0.3) is 0 Å². The summed E-state index contributed by atoms with van der Waals surface area (Å²) in [6, 6.07) is 6.74. The van der Waals surface area contributed by atoms with E-state index in [0.29, 0.717) is 17.5 Å². The molecule has 0 aromatic heterocycles. The van der Waals surface area contributed by atoms with Crippen molar-refractivity contribution in [1.82, 2.24) is 0 Å². The maximum Gasteiger partial charge on any atom is 0.488 e. The Hall–Kier alpha value is -1.20. The molecule has 0 bridgehead atoms. The summed E-state index contributed by atoms with van der Waals surface area (Å²) in [7, 11) is -1.41. The van der Waals surface area contributed by atoms with Gasteiger partial charge < -0.3 is 20.7 Å². The van der Waals surface area contributed by atoms with Crippen molar-refractivity contribution in [2.45, 2.75) is 76.3 Å². The first-order valence-corrected chi connectivity index (χ1v) is 9.25. The van der Waals surface area contributed by atoms with E-state index in [1.54, 1.807) is 0 Å². The lowest BCUT2D eigenvalue weighted by Gasteiger charge is -2.29. The molecule has 0 heterocycles. The molecule has 126 valence electrons. The van der Waals surface area contributed by atoms with E-state index >= 15 is 0 Å². The van der Waals surface area contributed by atoms with Gasteiger partial charge in [-0.2, -0.15) is 0 Å². The molecule has 2 fully saturated rings. The normalized spacial score (nSPS) is 20.3. The fourth-order valence-corrected chi connectivity index (χ4v) is 3.90. The number of hydrogen-bond acceptors (Lipinski definition) is 4. The Morgan fingerprint density at radius 1 is 0.739 bits per heavy atom. The van der Waals surface area contributed by atoms with Crippen LogP contribution in [0, 0.1) is 0 Å². The fourth-order valence-electron chi connectivity index (χ4n) is 3.90. The summed E-state index contributed by atoms with van der Waals surface area (Å²) in [4.78, 5) is 0. The maximum absolute atomic E-state index is 9.47. The van der Waals surface area contributed by atoms with Gasteiger partial charge in [-0.25, -0.2) is 0 Å². The van der Waals surface area contributed by atoms with E-state index in [2.05, 4.69) is 10.6 Å². The van der Waals surface area contributed by atoms with Crippen LogP contribution in [-0.2, 0) is 0 Å². The number of hydrogen-bond donors (Lipinski definition) is 4. The summed E-state index contributed by atoms with van der Waals surface area (Å²) in [5.74, 6) is 0. The number of anilines is 2. The highest BCUT2D eigenvalue weighted by atomic mass is 16.4. The van der Waals surface area contributed by atoms with Crippen LogP contribution in [0.2, 0.25) is 0 Å². The summed E-state index contributed by atoms with van der Waals surface area (Å²) >= 11 is 0. The van der Waals surface area contributed by atoms with Gasteiger partial charge in [-0.05, 0) is 43.3 Å². The molecule has 0 amide bonds. The van der Waals surface area contributed by atoms with Crippen molar-refractivity contribution < 1.29 is 10.0 Å². The molecule has 0 aliphatic heterocycles. The number of rotatable bonds is 5. The second kappa shape index (κ2) is 8.07. The molecular weight excluding hydrogens is 287 g/mol. The van der Waals surface area contributed by atoms with Gasteiger partial charge in [-0.15, -0.1) is 0 Å². The predicted octanol–water partition coefficient (Wildman–Crippen LogP) is 2.86. The van der Waals surface area contributed by atoms with E-state index in [-0.39, 0.29) is 0 Å². The Morgan fingerprint density at radius 3 is 1.78 bits per heavy atom. The van der Waals surface area contributed by atoms with Crippen LogP contribution >= 0.6 is 0 Å². The van der Waals surface area contributed by atoms with Gasteiger partial charge in [0, 0.05) is 12.1 Å². The van der Waals surface area contributed by atoms with Crippen molar-refractivity contribution in [1.29, 1.82) is 0 Å². The van der Waals surface area contributed by atoms with Crippen LogP contribution in [0.4, 0.5) is 11.4 Å². The highest BCUT2D eigenvalue weighted by Gasteiger charge is 2.20. The van der Waals surface area contributed by atoms with Gasteiger partial charge in [0.15, 0.2) is 0 Å². The molecule has 2 aliphatic carbocycles. The Bertz CT molecular complexity index is 498. The van der Waals surface area contributed by atoms with Gasteiger partial charge in [0.2, 0.25) is 0 Å². The van der Waals surface area contributed by atoms with Crippen LogP contribution in [0.15, 0.2) is 18.2 Å². The van der Waals surface area contributed by atoms with E-state index in [1.165, 1.54) is 64.2 Å². The molecule has 0 radical (unpaired) electrons. The molecule has 3 rings (SSSR count). The van der Waals surface area contributed by atoms with Gasteiger partial charge in [-0.3, -0.25) is 0 Å². The first-order valence-electron chi connectivity index (χ1n) is 9.25. The van der Waals surface area contributed by atoms with Crippen molar-refractivity contribution in [2.24, 2.45) is 0 Å². The monoisotopic (exact) mass is 316 g/mol. The minimum Gasteiger partial charge on any atom is -0.423 e. The first-order chi connectivity index (χ1) is 11.2. The molecule has 4 N–H and O–H groups in total. The summed E-state index contributed by atoms with van der Waals surface area (Å²) in [5.41, 5.74) is 2.68. The van der Waals surface area contributed by atoms with Crippen LogP contribution in [0.5, 0.6) is 0 Å². The van der Waals surface area contributed by atoms with Gasteiger partial charge in [0.25, 0.3) is 0 Å². The standard InChI is InChI=1S/C18H29BN2O2/c22-19(23)14-11-12-17(20-15-7-3-1-4-8-15)18(13-14)21-16-9-5-2-6-10-16/h11-13,15-16,20-23H,1-10H2. The third kappa shape index (κ3) is 4.64. The smallest absolute Gasteiger partial charge is 0.423 e. The van der Waals surface area contributed by atoms with Crippen LogP contribution in [-0.4, -0.2) is 29.3 Å². The predicted molar refractivity (Wildman–Crippen MR) is 97.3 cm³/mol. The second-order valence-corrected chi connectivity index (χ2v) is 7.14. The molecule has 1 aromatic rings. The molecule has 5 heteroatoms. The SMILES string of the molecule is OB(O)c1ccc(NC2CCCCC2)c(NC2CCCCC2)c1. The first kappa shape index (κ1) is 16.7.